The molecule has 0 unspecified atom stereocenters. The number of hydrogen-bond acceptors (Lipinski definition) is 2. The van der Waals surface area contributed by atoms with Gasteiger partial charge in [-0.3, -0.25) is 14.5 Å². The van der Waals surface area contributed by atoms with Crippen LogP contribution in [0.2, 0.25) is 0 Å². The molecule has 120 valence electrons. The number of rotatable bonds is 3. The summed E-state index contributed by atoms with van der Waals surface area (Å²) in [6.07, 6.45) is 7.20. The summed E-state index contributed by atoms with van der Waals surface area (Å²) in [4.78, 5) is 26.9. The first-order valence-corrected chi connectivity index (χ1v) is 8.69. The van der Waals surface area contributed by atoms with E-state index in [0.717, 1.165) is 44.9 Å². The number of imide groups is 1. The monoisotopic (exact) mass is 309 g/mol. The maximum atomic E-state index is 12.7. The molecule has 1 aliphatic heterocycles. The second-order valence-corrected chi connectivity index (χ2v) is 6.41. The van der Waals surface area contributed by atoms with E-state index in [4.69, 9.17) is 0 Å². The third-order valence-electron chi connectivity index (χ3n) is 4.83. The number of benzene rings is 1. The van der Waals surface area contributed by atoms with Gasteiger partial charge < -0.3 is 0 Å². The van der Waals surface area contributed by atoms with Gasteiger partial charge in [-0.25, -0.2) is 0 Å². The summed E-state index contributed by atoms with van der Waals surface area (Å²) in [5, 5.41) is 0. The summed E-state index contributed by atoms with van der Waals surface area (Å²) in [5.74, 6) is 6.46. The summed E-state index contributed by atoms with van der Waals surface area (Å²) in [6.45, 7) is 2.16. The SMILES string of the molecule is CCCCC#C[C@H]1CCCC[C@H]1N1C(=O)c2ccccc2C1=O. The van der Waals surface area contributed by atoms with Crippen LogP contribution in [0, 0.1) is 17.8 Å². The molecule has 0 spiro atoms. The van der Waals surface area contributed by atoms with Gasteiger partial charge in [-0.05, 0) is 31.4 Å². The van der Waals surface area contributed by atoms with Gasteiger partial charge in [-0.15, -0.1) is 5.92 Å². The third kappa shape index (κ3) is 3.03. The van der Waals surface area contributed by atoms with Crippen molar-refractivity contribution in [2.45, 2.75) is 57.9 Å². The molecule has 1 heterocycles. The maximum absolute atomic E-state index is 12.7. The summed E-state index contributed by atoms with van der Waals surface area (Å²) < 4.78 is 0. The first-order chi connectivity index (χ1) is 11.2. The normalized spacial score (nSPS) is 23.4. The van der Waals surface area contributed by atoms with Gasteiger partial charge in [0, 0.05) is 12.3 Å². The van der Waals surface area contributed by atoms with Crippen LogP contribution in [0.25, 0.3) is 0 Å². The molecule has 1 fully saturated rings. The standard InChI is InChI=1S/C20H23NO2/c1-2-3-4-5-10-15-11-6-9-14-18(15)21-19(22)16-12-7-8-13-17(16)20(21)23/h7-8,12-13,15,18H,2-4,6,9,11,14H2,1H3/t15-,18+/m0/s1. The van der Waals surface area contributed by atoms with Crippen LogP contribution in [-0.4, -0.2) is 22.8 Å². The lowest BCUT2D eigenvalue weighted by atomic mass is 9.83. The van der Waals surface area contributed by atoms with Crippen molar-refractivity contribution >= 4 is 11.8 Å². The molecule has 3 heteroatoms. The largest absolute Gasteiger partial charge is 0.270 e. The fourth-order valence-corrected chi connectivity index (χ4v) is 3.57. The Morgan fingerprint density at radius 2 is 1.74 bits per heavy atom. The molecule has 0 radical (unpaired) electrons. The summed E-state index contributed by atoms with van der Waals surface area (Å²) in [7, 11) is 0. The maximum Gasteiger partial charge on any atom is 0.261 e. The van der Waals surface area contributed by atoms with E-state index in [-0.39, 0.29) is 23.8 Å². The van der Waals surface area contributed by atoms with Gasteiger partial charge in [0.15, 0.2) is 0 Å². The first-order valence-electron chi connectivity index (χ1n) is 8.69. The average Bonchev–Trinajstić information content (AvgIpc) is 2.84. The molecular formula is C20H23NO2. The smallest absolute Gasteiger partial charge is 0.261 e. The topological polar surface area (TPSA) is 37.4 Å². The van der Waals surface area contributed by atoms with Crippen molar-refractivity contribution in [3.63, 3.8) is 0 Å². The molecule has 1 saturated carbocycles. The Labute approximate surface area is 138 Å². The molecule has 2 atom stereocenters. The lowest BCUT2D eigenvalue weighted by Crippen LogP contribution is -2.45. The van der Waals surface area contributed by atoms with E-state index in [1.807, 2.05) is 12.1 Å². The third-order valence-corrected chi connectivity index (χ3v) is 4.83. The van der Waals surface area contributed by atoms with Gasteiger partial charge in [0.1, 0.15) is 0 Å². The summed E-state index contributed by atoms with van der Waals surface area (Å²) >= 11 is 0. The van der Waals surface area contributed by atoms with Crippen molar-refractivity contribution in [1.82, 2.24) is 4.90 Å². The zero-order valence-electron chi connectivity index (χ0n) is 13.7. The van der Waals surface area contributed by atoms with Crippen molar-refractivity contribution < 1.29 is 9.59 Å². The van der Waals surface area contributed by atoms with E-state index >= 15 is 0 Å². The Morgan fingerprint density at radius 3 is 2.39 bits per heavy atom. The fourth-order valence-electron chi connectivity index (χ4n) is 3.57. The zero-order chi connectivity index (χ0) is 16.2. The second kappa shape index (κ2) is 7.00. The minimum Gasteiger partial charge on any atom is -0.270 e. The number of unbranched alkanes of at least 4 members (excludes halogenated alkanes) is 2. The zero-order valence-corrected chi connectivity index (χ0v) is 13.7. The Morgan fingerprint density at radius 1 is 1.09 bits per heavy atom. The highest BCUT2D eigenvalue weighted by Gasteiger charge is 2.42. The average molecular weight is 309 g/mol. The lowest BCUT2D eigenvalue weighted by Gasteiger charge is -2.34. The van der Waals surface area contributed by atoms with E-state index in [1.165, 1.54) is 4.90 Å². The van der Waals surface area contributed by atoms with Crippen molar-refractivity contribution in [2.75, 3.05) is 0 Å². The molecule has 2 amide bonds. The molecule has 2 aliphatic rings. The van der Waals surface area contributed by atoms with E-state index in [1.54, 1.807) is 12.1 Å². The van der Waals surface area contributed by atoms with Crippen molar-refractivity contribution in [2.24, 2.45) is 5.92 Å². The number of hydrogen-bond donors (Lipinski definition) is 0. The molecule has 0 N–H and O–H groups in total. The number of nitrogens with zero attached hydrogens (tertiary/aromatic N) is 1. The van der Waals surface area contributed by atoms with Gasteiger partial charge in [0.05, 0.1) is 17.2 Å². The fraction of sp³-hybridized carbons (Fsp3) is 0.500. The molecule has 1 aliphatic carbocycles. The first kappa shape index (κ1) is 15.8. The van der Waals surface area contributed by atoms with Crippen LogP contribution in [0.15, 0.2) is 24.3 Å². The van der Waals surface area contributed by atoms with Crippen LogP contribution >= 0.6 is 0 Å². The van der Waals surface area contributed by atoms with Gasteiger partial charge in [0.2, 0.25) is 0 Å². The summed E-state index contributed by atoms with van der Waals surface area (Å²) in [5.41, 5.74) is 1.08. The number of carbonyl (C=O) groups is 2. The van der Waals surface area contributed by atoms with Crippen LogP contribution in [0.3, 0.4) is 0 Å². The van der Waals surface area contributed by atoms with Crippen molar-refractivity contribution in [1.29, 1.82) is 0 Å². The number of carbonyl (C=O) groups excluding carboxylic acids is 2. The summed E-state index contributed by atoms with van der Waals surface area (Å²) in [6, 6.07) is 7.07. The number of fused-ring (bicyclic) bond motifs is 1. The van der Waals surface area contributed by atoms with E-state index < -0.39 is 0 Å². The van der Waals surface area contributed by atoms with Crippen LogP contribution < -0.4 is 0 Å². The molecule has 0 aromatic heterocycles. The highest BCUT2D eigenvalue weighted by atomic mass is 16.2. The van der Waals surface area contributed by atoms with Crippen LogP contribution in [-0.2, 0) is 0 Å². The molecule has 1 aromatic carbocycles. The van der Waals surface area contributed by atoms with Gasteiger partial charge in [-0.1, -0.05) is 44.2 Å². The van der Waals surface area contributed by atoms with Gasteiger partial charge >= 0.3 is 0 Å². The molecule has 1 aromatic rings. The van der Waals surface area contributed by atoms with E-state index in [9.17, 15) is 9.59 Å². The van der Waals surface area contributed by atoms with Crippen LogP contribution in [0.4, 0.5) is 0 Å². The molecule has 0 saturated heterocycles. The number of amides is 2. The molecule has 23 heavy (non-hydrogen) atoms. The van der Waals surface area contributed by atoms with Gasteiger partial charge in [-0.2, -0.15) is 0 Å². The molecule has 0 bridgehead atoms. The van der Waals surface area contributed by atoms with Gasteiger partial charge in [0.25, 0.3) is 11.8 Å². The van der Waals surface area contributed by atoms with Crippen molar-refractivity contribution in [3.8, 4) is 11.8 Å². The minimum atomic E-state index is -0.141. The highest BCUT2D eigenvalue weighted by Crippen LogP contribution is 2.34. The predicted octanol–water partition coefficient (Wildman–Crippen LogP) is 4.04. The molecular weight excluding hydrogens is 286 g/mol. The van der Waals surface area contributed by atoms with Crippen molar-refractivity contribution in [3.05, 3.63) is 35.4 Å². The Bertz CT molecular complexity index is 633. The Hall–Kier alpha value is -2.08. The molecule has 3 rings (SSSR count). The minimum absolute atomic E-state index is 0.0646. The lowest BCUT2D eigenvalue weighted by molar-refractivity contribution is 0.0511. The van der Waals surface area contributed by atoms with Crippen LogP contribution in [0.1, 0.15) is 72.6 Å². The second-order valence-electron chi connectivity index (χ2n) is 6.41. The van der Waals surface area contributed by atoms with Crippen LogP contribution in [0.5, 0.6) is 0 Å². The van der Waals surface area contributed by atoms with E-state index in [0.29, 0.717) is 11.1 Å². The molecule has 3 nitrogen and oxygen atoms in total. The Balaban J connectivity index is 1.82. The predicted molar refractivity (Wildman–Crippen MR) is 90.0 cm³/mol. The quantitative estimate of drug-likeness (QED) is 0.480. The Kier molecular flexibility index (Phi) is 4.81. The van der Waals surface area contributed by atoms with E-state index in [2.05, 4.69) is 18.8 Å². The highest BCUT2D eigenvalue weighted by molar-refractivity contribution is 6.21.